The van der Waals surface area contributed by atoms with Crippen LogP contribution in [0.3, 0.4) is 0 Å². The second kappa shape index (κ2) is 3.59. The van der Waals surface area contributed by atoms with Gasteiger partial charge in [-0.25, -0.2) is 4.39 Å². The molecule has 0 amide bonds. The molecule has 0 spiro atoms. The fourth-order valence-corrected chi connectivity index (χ4v) is 2.19. The Bertz CT molecular complexity index is 537. The third-order valence-corrected chi connectivity index (χ3v) is 2.93. The average Bonchev–Trinajstić information content (AvgIpc) is 2.77. The number of halogens is 1. The molecule has 1 aromatic carbocycles. The Hall–Kier alpha value is -1.90. The first-order valence-electron chi connectivity index (χ1n) is 5.32. The van der Waals surface area contributed by atoms with E-state index in [1.165, 1.54) is 11.8 Å². The van der Waals surface area contributed by atoms with Crippen LogP contribution in [0.15, 0.2) is 36.7 Å². The number of hydrogen-bond donors (Lipinski definition) is 1. The Labute approximate surface area is 93.1 Å². The van der Waals surface area contributed by atoms with E-state index in [2.05, 4.69) is 10.3 Å². The molecule has 0 saturated carbocycles. The van der Waals surface area contributed by atoms with E-state index in [9.17, 15) is 4.39 Å². The second-order valence-corrected chi connectivity index (χ2v) is 3.86. The Morgan fingerprint density at radius 2 is 2.12 bits per heavy atom. The number of pyridine rings is 1. The minimum atomic E-state index is -0.261. The summed E-state index contributed by atoms with van der Waals surface area (Å²) in [6, 6.07) is 7.67. The van der Waals surface area contributed by atoms with E-state index < -0.39 is 0 Å². The number of fused-ring (bicyclic) bond motifs is 1. The van der Waals surface area contributed by atoms with Crippen LogP contribution in [0.4, 0.5) is 10.1 Å². The van der Waals surface area contributed by atoms with E-state index in [0.717, 1.165) is 24.2 Å². The summed E-state index contributed by atoms with van der Waals surface area (Å²) in [7, 11) is 0. The van der Waals surface area contributed by atoms with Crippen molar-refractivity contribution in [2.75, 3.05) is 11.9 Å². The molecule has 80 valence electrons. The molecule has 0 fully saturated rings. The van der Waals surface area contributed by atoms with Crippen molar-refractivity contribution in [3.05, 3.63) is 48.0 Å². The summed E-state index contributed by atoms with van der Waals surface area (Å²) >= 11 is 0. The number of rotatable bonds is 1. The number of aromatic nitrogens is 1. The van der Waals surface area contributed by atoms with Crippen molar-refractivity contribution in [3.63, 3.8) is 0 Å². The van der Waals surface area contributed by atoms with Crippen molar-refractivity contribution in [1.29, 1.82) is 0 Å². The quantitative estimate of drug-likeness (QED) is 0.789. The molecule has 0 bridgehead atoms. The topological polar surface area (TPSA) is 24.9 Å². The predicted molar refractivity (Wildman–Crippen MR) is 61.8 cm³/mol. The van der Waals surface area contributed by atoms with Gasteiger partial charge in [-0.05, 0) is 29.7 Å². The summed E-state index contributed by atoms with van der Waals surface area (Å²) in [5.74, 6) is -0.261. The fourth-order valence-electron chi connectivity index (χ4n) is 2.19. The number of nitrogens with zero attached hydrogens (tertiary/aromatic N) is 1. The highest BCUT2D eigenvalue weighted by Gasteiger charge is 2.16. The highest BCUT2D eigenvalue weighted by atomic mass is 19.1. The van der Waals surface area contributed by atoms with Crippen LogP contribution in [-0.2, 0) is 6.42 Å². The van der Waals surface area contributed by atoms with Gasteiger partial charge in [0.25, 0.3) is 0 Å². The SMILES string of the molecule is Fc1cnccc1-c1cccc2c1CCN2. The molecule has 16 heavy (non-hydrogen) atoms. The number of hydrogen-bond acceptors (Lipinski definition) is 2. The van der Waals surface area contributed by atoms with Crippen LogP contribution in [0.2, 0.25) is 0 Å². The predicted octanol–water partition coefficient (Wildman–Crippen LogP) is 2.86. The van der Waals surface area contributed by atoms with E-state index in [0.29, 0.717) is 5.56 Å². The maximum Gasteiger partial charge on any atom is 0.149 e. The van der Waals surface area contributed by atoms with Gasteiger partial charge >= 0.3 is 0 Å². The number of nitrogens with one attached hydrogen (secondary N) is 1. The first-order chi connectivity index (χ1) is 7.86. The molecular formula is C13H11FN2. The minimum absolute atomic E-state index is 0.261. The van der Waals surface area contributed by atoms with Crippen molar-refractivity contribution in [2.45, 2.75) is 6.42 Å². The van der Waals surface area contributed by atoms with Crippen LogP contribution in [0.5, 0.6) is 0 Å². The van der Waals surface area contributed by atoms with Gasteiger partial charge in [-0.3, -0.25) is 4.98 Å². The van der Waals surface area contributed by atoms with E-state index in [-0.39, 0.29) is 5.82 Å². The Balaban J connectivity index is 2.21. The Morgan fingerprint density at radius 3 is 3.00 bits per heavy atom. The van der Waals surface area contributed by atoms with Crippen molar-refractivity contribution in [2.24, 2.45) is 0 Å². The van der Waals surface area contributed by atoms with Gasteiger partial charge in [-0.1, -0.05) is 12.1 Å². The fraction of sp³-hybridized carbons (Fsp3) is 0.154. The zero-order chi connectivity index (χ0) is 11.0. The molecule has 0 aliphatic carbocycles. The van der Waals surface area contributed by atoms with Crippen LogP contribution in [-0.4, -0.2) is 11.5 Å². The van der Waals surface area contributed by atoms with Crippen molar-refractivity contribution < 1.29 is 4.39 Å². The van der Waals surface area contributed by atoms with Crippen LogP contribution < -0.4 is 5.32 Å². The second-order valence-electron chi connectivity index (χ2n) is 3.86. The molecule has 0 saturated heterocycles. The summed E-state index contributed by atoms with van der Waals surface area (Å²) in [5.41, 5.74) is 3.93. The average molecular weight is 214 g/mol. The minimum Gasteiger partial charge on any atom is -0.384 e. The highest BCUT2D eigenvalue weighted by molar-refractivity contribution is 5.75. The molecule has 3 heteroatoms. The monoisotopic (exact) mass is 214 g/mol. The molecule has 2 aromatic rings. The Kier molecular flexibility index (Phi) is 2.10. The lowest BCUT2D eigenvalue weighted by atomic mass is 9.98. The smallest absolute Gasteiger partial charge is 0.149 e. The van der Waals surface area contributed by atoms with Crippen molar-refractivity contribution >= 4 is 5.69 Å². The normalized spacial score (nSPS) is 13.3. The standard InChI is InChI=1S/C13H11FN2/c14-12-8-15-6-4-10(12)9-2-1-3-13-11(9)5-7-16-13/h1-4,6,8,16H,5,7H2. The molecule has 1 aliphatic heterocycles. The molecule has 0 radical (unpaired) electrons. The van der Waals surface area contributed by atoms with Gasteiger partial charge in [0.05, 0.1) is 6.20 Å². The van der Waals surface area contributed by atoms with Gasteiger partial charge < -0.3 is 5.32 Å². The van der Waals surface area contributed by atoms with E-state index in [1.54, 1.807) is 12.3 Å². The number of benzene rings is 1. The molecule has 0 atom stereocenters. The summed E-state index contributed by atoms with van der Waals surface area (Å²) in [6.07, 6.45) is 3.84. The van der Waals surface area contributed by atoms with Crippen LogP contribution in [0.25, 0.3) is 11.1 Å². The lowest BCUT2D eigenvalue weighted by Gasteiger charge is -2.08. The van der Waals surface area contributed by atoms with Gasteiger partial charge in [0.2, 0.25) is 0 Å². The van der Waals surface area contributed by atoms with E-state index >= 15 is 0 Å². The maximum absolute atomic E-state index is 13.7. The molecule has 2 nitrogen and oxygen atoms in total. The first kappa shape index (κ1) is 9.33. The first-order valence-corrected chi connectivity index (χ1v) is 5.32. The zero-order valence-corrected chi connectivity index (χ0v) is 8.70. The summed E-state index contributed by atoms with van der Waals surface area (Å²) < 4.78 is 13.7. The van der Waals surface area contributed by atoms with E-state index in [4.69, 9.17) is 0 Å². The summed E-state index contributed by atoms with van der Waals surface area (Å²) in [4.78, 5) is 3.77. The maximum atomic E-state index is 13.7. The van der Waals surface area contributed by atoms with Gasteiger partial charge in [0, 0.05) is 24.0 Å². The number of anilines is 1. The largest absolute Gasteiger partial charge is 0.384 e. The Morgan fingerprint density at radius 1 is 1.19 bits per heavy atom. The van der Waals surface area contributed by atoms with Gasteiger partial charge in [-0.15, -0.1) is 0 Å². The molecule has 1 aliphatic rings. The van der Waals surface area contributed by atoms with Gasteiger partial charge in [0.1, 0.15) is 5.82 Å². The third kappa shape index (κ3) is 1.36. The molecule has 1 aromatic heterocycles. The highest BCUT2D eigenvalue weighted by Crippen LogP contribution is 2.33. The van der Waals surface area contributed by atoms with Gasteiger partial charge in [-0.2, -0.15) is 0 Å². The van der Waals surface area contributed by atoms with Crippen molar-refractivity contribution in [3.8, 4) is 11.1 Å². The van der Waals surface area contributed by atoms with Gasteiger partial charge in [0.15, 0.2) is 0 Å². The van der Waals surface area contributed by atoms with E-state index in [1.807, 2.05) is 18.2 Å². The van der Waals surface area contributed by atoms with Crippen LogP contribution >= 0.6 is 0 Å². The molecule has 1 N–H and O–H groups in total. The van der Waals surface area contributed by atoms with Crippen molar-refractivity contribution in [1.82, 2.24) is 4.98 Å². The molecule has 0 unspecified atom stereocenters. The van der Waals surface area contributed by atoms with Crippen LogP contribution in [0.1, 0.15) is 5.56 Å². The lowest BCUT2D eigenvalue weighted by Crippen LogP contribution is -1.90. The zero-order valence-electron chi connectivity index (χ0n) is 8.70. The molecule has 3 rings (SSSR count). The molecular weight excluding hydrogens is 203 g/mol. The summed E-state index contributed by atoms with van der Waals surface area (Å²) in [6.45, 7) is 0.930. The third-order valence-electron chi connectivity index (χ3n) is 2.93. The van der Waals surface area contributed by atoms with Crippen LogP contribution in [0, 0.1) is 5.82 Å². The lowest BCUT2D eigenvalue weighted by molar-refractivity contribution is 0.625. The summed E-state index contributed by atoms with van der Waals surface area (Å²) in [5, 5.41) is 3.29. The molecule has 2 heterocycles.